The van der Waals surface area contributed by atoms with E-state index >= 15 is 0 Å². The number of fused-ring (bicyclic) bond motifs is 3. The summed E-state index contributed by atoms with van der Waals surface area (Å²) < 4.78 is 11.0. The Hall–Kier alpha value is -2.62. The first-order valence-electron chi connectivity index (χ1n) is 14.2. The largest absolute Gasteiger partial charge is 0.462 e. The summed E-state index contributed by atoms with van der Waals surface area (Å²) in [6.45, 7) is 12.9. The van der Waals surface area contributed by atoms with Gasteiger partial charge in [0, 0.05) is 0 Å². The number of ether oxygens (including phenoxy) is 2. The lowest BCUT2D eigenvalue weighted by atomic mass is 9.70. The summed E-state index contributed by atoms with van der Waals surface area (Å²) in [5.41, 5.74) is 14.5. The van der Waals surface area contributed by atoms with Crippen LogP contribution in [0.25, 0.3) is 0 Å². The van der Waals surface area contributed by atoms with E-state index in [2.05, 4.69) is 27.7 Å². The van der Waals surface area contributed by atoms with E-state index in [0.29, 0.717) is 24.0 Å². The molecule has 0 aromatic heterocycles. The average Bonchev–Trinajstić information content (AvgIpc) is 2.89. The highest BCUT2D eigenvalue weighted by Gasteiger charge is 2.35. The molecule has 36 heavy (non-hydrogen) atoms. The fraction of sp³-hybridized carbons (Fsp3) is 0.562. The summed E-state index contributed by atoms with van der Waals surface area (Å²) in [5.74, 6) is -0.813. The Morgan fingerprint density at radius 1 is 0.528 bits per heavy atom. The van der Waals surface area contributed by atoms with Gasteiger partial charge in [0.2, 0.25) is 0 Å². The molecule has 2 aliphatic carbocycles. The van der Waals surface area contributed by atoms with E-state index in [4.69, 9.17) is 9.47 Å². The van der Waals surface area contributed by atoms with Crippen LogP contribution in [0.15, 0.2) is 0 Å². The molecule has 0 N–H and O–H groups in total. The summed E-state index contributed by atoms with van der Waals surface area (Å²) in [4.78, 5) is 26.7. The number of esters is 2. The molecular weight excluding hydrogens is 448 g/mol. The van der Waals surface area contributed by atoms with Gasteiger partial charge in [-0.25, -0.2) is 9.59 Å². The molecule has 0 saturated carbocycles. The molecule has 2 aromatic carbocycles. The Balaban J connectivity index is 2.05. The molecule has 0 bridgehead atoms. The zero-order valence-corrected chi connectivity index (χ0v) is 23.1. The first kappa shape index (κ1) is 26.4. The highest BCUT2D eigenvalue weighted by Crippen LogP contribution is 2.43. The van der Waals surface area contributed by atoms with Crippen LogP contribution in [-0.4, -0.2) is 25.2 Å². The lowest BCUT2D eigenvalue weighted by Gasteiger charge is -2.34. The maximum absolute atomic E-state index is 13.3. The van der Waals surface area contributed by atoms with E-state index in [1.165, 1.54) is 59.1 Å². The standard InChI is InChI=1S/C32H42O4/c1-7-19-23-15-13-14-16-24(23)20(8-2)26-18-28-22(10-4)30(32(34)36-12-6)29(31(33)35-11-5)21(9-3)27(28)17-25(19)26/h7-18H2,1-6H3. The van der Waals surface area contributed by atoms with Crippen LogP contribution in [0, 0.1) is 0 Å². The van der Waals surface area contributed by atoms with Crippen molar-refractivity contribution in [3.63, 3.8) is 0 Å². The summed E-state index contributed by atoms with van der Waals surface area (Å²) in [6.07, 6.45) is 10.0. The lowest BCUT2D eigenvalue weighted by Crippen LogP contribution is -2.26. The monoisotopic (exact) mass is 490 g/mol. The van der Waals surface area contributed by atoms with Gasteiger partial charge in [0.15, 0.2) is 0 Å². The summed E-state index contributed by atoms with van der Waals surface area (Å²) >= 11 is 0. The third-order valence-corrected chi connectivity index (χ3v) is 8.32. The molecule has 4 rings (SSSR count). The highest BCUT2D eigenvalue weighted by atomic mass is 16.5. The van der Waals surface area contributed by atoms with Crippen molar-refractivity contribution < 1.29 is 19.1 Å². The van der Waals surface area contributed by atoms with Gasteiger partial charge in [-0.2, -0.15) is 0 Å². The molecule has 0 aliphatic heterocycles. The number of carbonyl (C=O) groups is 2. The topological polar surface area (TPSA) is 52.6 Å². The van der Waals surface area contributed by atoms with Crippen LogP contribution in [0.5, 0.6) is 0 Å². The molecule has 4 nitrogen and oxygen atoms in total. The zero-order valence-electron chi connectivity index (χ0n) is 23.1. The number of hydrogen-bond acceptors (Lipinski definition) is 4. The number of hydrogen-bond donors (Lipinski definition) is 0. The van der Waals surface area contributed by atoms with Gasteiger partial charge < -0.3 is 9.47 Å². The van der Waals surface area contributed by atoms with Crippen LogP contribution < -0.4 is 0 Å². The van der Waals surface area contributed by atoms with Crippen LogP contribution in [0.2, 0.25) is 0 Å². The Bertz CT molecular complexity index is 1100. The van der Waals surface area contributed by atoms with Crippen LogP contribution in [-0.2, 0) is 60.8 Å². The summed E-state index contributed by atoms with van der Waals surface area (Å²) in [5, 5.41) is 0. The molecule has 2 aliphatic rings. The first-order valence-corrected chi connectivity index (χ1v) is 14.2. The van der Waals surface area contributed by atoms with Crippen molar-refractivity contribution in [2.45, 2.75) is 106 Å². The average molecular weight is 491 g/mol. The van der Waals surface area contributed by atoms with Crippen molar-refractivity contribution in [3.8, 4) is 0 Å². The molecule has 194 valence electrons. The van der Waals surface area contributed by atoms with E-state index in [1.807, 2.05) is 13.8 Å². The smallest absolute Gasteiger partial charge is 0.339 e. The summed E-state index contributed by atoms with van der Waals surface area (Å²) in [7, 11) is 0. The Kier molecular flexibility index (Phi) is 8.22. The second-order valence-corrected chi connectivity index (χ2v) is 9.95. The Morgan fingerprint density at radius 2 is 0.861 bits per heavy atom. The normalized spacial score (nSPS) is 14.1. The van der Waals surface area contributed by atoms with Crippen molar-refractivity contribution in [2.75, 3.05) is 13.2 Å². The van der Waals surface area contributed by atoms with Crippen molar-refractivity contribution in [1.82, 2.24) is 0 Å². The maximum atomic E-state index is 13.3. The quantitative estimate of drug-likeness (QED) is 0.331. The van der Waals surface area contributed by atoms with Crippen LogP contribution >= 0.6 is 0 Å². The zero-order chi connectivity index (χ0) is 26.0. The number of benzene rings is 2. The summed E-state index contributed by atoms with van der Waals surface area (Å²) in [6, 6.07) is 0. The second kappa shape index (κ2) is 11.2. The van der Waals surface area contributed by atoms with Crippen LogP contribution in [0.1, 0.15) is 131 Å². The maximum Gasteiger partial charge on any atom is 0.339 e. The predicted molar refractivity (Wildman–Crippen MR) is 145 cm³/mol. The molecule has 0 unspecified atom stereocenters. The fourth-order valence-electron chi connectivity index (χ4n) is 6.97. The van der Waals surface area contributed by atoms with Gasteiger partial charge in [-0.3, -0.25) is 0 Å². The third-order valence-electron chi connectivity index (χ3n) is 8.32. The molecule has 0 amide bonds. The SMILES string of the molecule is CCOC(=O)c1c(CC)c2c(c(CC)c1C(=O)OCC)Cc1c(CC)c3c(c(CC)c1C2)CCCC3. The minimum atomic E-state index is -0.406. The number of carbonyl (C=O) groups excluding carboxylic acids is 2. The molecule has 0 atom stereocenters. The van der Waals surface area contributed by atoms with Gasteiger partial charge in [0.1, 0.15) is 0 Å². The second-order valence-electron chi connectivity index (χ2n) is 9.95. The lowest BCUT2D eigenvalue weighted by molar-refractivity contribution is 0.0476. The minimum Gasteiger partial charge on any atom is -0.462 e. The minimum absolute atomic E-state index is 0.275. The third kappa shape index (κ3) is 4.27. The van der Waals surface area contributed by atoms with E-state index in [-0.39, 0.29) is 13.2 Å². The van der Waals surface area contributed by atoms with Crippen molar-refractivity contribution >= 4 is 11.9 Å². The van der Waals surface area contributed by atoms with Gasteiger partial charge in [-0.15, -0.1) is 0 Å². The van der Waals surface area contributed by atoms with Crippen molar-refractivity contribution in [1.29, 1.82) is 0 Å². The molecule has 4 heteroatoms. The van der Waals surface area contributed by atoms with Gasteiger partial charge in [0.05, 0.1) is 24.3 Å². The van der Waals surface area contributed by atoms with Gasteiger partial charge in [0.25, 0.3) is 0 Å². The Morgan fingerprint density at radius 3 is 1.17 bits per heavy atom. The van der Waals surface area contributed by atoms with Crippen LogP contribution in [0.4, 0.5) is 0 Å². The van der Waals surface area contributed by atoms with Gasteiger partial charge in [-0.05, 0) is 134 Å². The van der Waals surface area contributed by atoms with Gasteiger partial charge >= 0.3 is 11.9 Å². The van der Waals surface area contributed by atoms with E-state index in [1.54, 1.807) is 11.1 Å². The van der Waals surface area contributed by atoms with Gasteiger partial charge in [-0.1, -0.05) is 27.7 Å². The van der Waals surface area contributed by atoms with Crippen molar-refractivity contribution in [3.05, 3.63) is 66.8 Å². The van der Waals surface area contributed by atoms with Crippen molar-refractivity contribution in [2.24, 2.45) is 0 Å². The fourth-order valence-corrected chi connectivity index (χ4v) is 6.97. The van der Waals surface area contributed by atoms with Crippen LogP contribution in [0.3, 0.4) is 0 Å². The molecule has 2 aromatic rings. The van der Waals surface area contributed by atoms with E-state index in [9.17, 15) is 9.59 Å². The predicted octanol–water partition coefficient (Wildman–Crippen LogP) is 6.66. The molecule has 0 saturated heterocycles. The molecule has 0 heterocycles. The molecule has 0 spiro atoms. The molecular formula is C32H42O4. The van der Waals surface area contributed by atoms with E-state index in [0.717, 1.165) is 36.8 Å². The number of rotatable bonds is 8. The Labute approximate surface area is 216 Å². The molecule has 0 fully saturated rings. The molecule has 0 radical (unpaired) electrons. The van der Waals surface area contributed by atoms with E-state index < -0.39 is 11.9 Å². The first-order chi connectivity index (χ1) is 17.5. The highest BCUT2D eigenvalue weighted by molar-refractivity contribution is 6.06.